The highest BCUT2D eigenvalue weighted by molar-refractivity contribution is 8.18. The van der Waals surface area contributed by atoms with Gasteiger partial charge in [0.2, 0.25) is 0 Å². The van der Waals surface area contributed by atoms with Crippen LogP contribution in [0.15, 0.2) is 64.5 Å². The van der Waals surface area contributed by atoms with Crippen LogP contribution < -0.4 is 10.2 Å². The molecular formula is C25H22ClN3OS. The first-order valence-corrected chi connectivity index (χ1v) is 11.6. The summed E-state index contributed by atoms with van der Waals surface area (Å²) in [6.07, 6.45) is 4.44. The minimum Gasteiger partial charge on any atom is -0.371 e. The molecule has 2 fully saturated rings. The van der Waals surface area contributed by atoms with Gasteiger partial charge in [-0.2, -0.15) is 0 Å². The number of amidine groups is 1. The van der Waals surface area contributed by atoms with E-state index in [4.69, 9.17) is 11.6 Å². The van der Waals surface area contributed by atoms with Gasteiger partial charge in [0, 0.05) is 29.2 Å². The van der Waals surface area contributed by atoms with Gasteiger partial charge in [0.15, 0.2) is 5.17 Å². The van der Waals surface area contributed by atoms with Gasteiger partial charge in [0.25, 0.3) is 5.91 Å². The zero-order chi connectivity index (χ0) is 21.4. The molecule has 0 aromatic heterocycles. The number of carbonyl (C=O) groups is 1. The summed E-state index contributed by atoms with van der Waals surface area (Å²) in [7, 11) is 0. The molecule has 156 valence electrons. The molecule has 0 spiro atoms. The number of fused-ring (bicyclic) bond motifs is 1. The quantitative estimate of drug-likeness (QED) is 0.479. The Morgan fingerprint density at radius 2 is 1.81 bits per heavy atom. The summed E-state index contributed by atoms with van der Waals surface area (Å²) >= 11 is 7.56. The SMILES string of the molecule is Cc1c(Cl)cccc1N=C1NC(=O)/C(=C\c2ccc(N3CCCC3)c3ccccc23)S1. The molecule has 0 bridgehead atoms. The van der Waals surface area contributed by atoms with E-state index < -0.39 is 0 Å². The summed E-state index contributed by atoms with van der Waals surface area (Å²) in [6, 6.07) is 18.3. The molecule has 4 nitrogen and oxygen atoms in total. The fraction of sp³-hybridized carbons (Fsp3) is 0.200. The van der Waals surface area contributed by atoms with E-state index in [9.17, 15) is 4.79 Å². The van der Waals surface area contributed by atoms with Crippen molar-refractivity contribution in [2.45, 2.75) is 19.8 Å². The largest absolute Gasteiger partial charge is 0.371 e. The van der Waals surface area contributed by atoms with Gasteiger partial charge < -0.3 is 10.2 Å². The van der Waals surface area contributed by atoms with Crippen LogP contribution in [-0.2, 0) is 4.79 Å². The zero-order valence-corrected chi connectivity index (χ0v) is 18.8. The molecule has 31 heavy (non-hydrogen) atoms. The topological polar surface area (TPSA) is 44.7 Å². The lowest BCUT2D eigenvalue weighted by atomic mass is 10.0. The van der Waals surface area contributed by atoms with E-state index in [0.29, 0.717) is 15.1 Å². The van der Waals surface area contributed by atoms with Crippen molar-refractivity contribution in [1.29, 1.82) is 0 Å². The number of benzene rings is 3. The second-order valence-electron chi connectivity index (χ2n) is 7.78. The fourth-order valence-electron chi connectivity index (χ4n) is 4.11. The first-order chi connectivity index (χ1) is 15.1. The van der Waals surface area contributed by atoms with Crippen LogP contribution in [0, 0.1) is 6.92 Å². The minimum absolute atomic E-state index is 0.129. The van der Waals surface area contributed by atoms with Crippen molar-refractivity contribution in [3.8, 4) is 0 Å². The molecule has 2 aliphatic rings. The summed E-state index contributed by atoms with van der Waals surface area (Å²) in [5, 5.41) is 6.49. The van der Waals surface area contributed by atoms with Gasteiger partial charge in [-0.15, -0.1) is 0 Å². The number of carbonyl (C=O) groups excluding carboxylic acids is 1. The summed E-state index contributed by atoms with van der Waals surface area (Å²) < 4.78 is 0. The molecule has 0 saturated carbocycles. The Hall–Kier alpha value is -2.76. The Morgan fingerprint density at radius 1 is 1.03 bits per heavy atom. The van der Waals surface area contributed by atoms with Crippen LogP contribution in [0.2, 0.25) is 5.02 Å². The molecule has 3 aromatic rings. The summed E-state index contributed by atoms with van der Waals surface area (Å²) in [6.45, 7) is 4.13. The number of halogens is 1. The third-order valence-electron chi connectivity index (χ3n) is 5.78. The molecule has 0 radical (unpaired) electrons. The Kier molecular flexibility index (Phi) is 5.47. The summed E-state index contributed by atoms with van der Waals surface area (Å²) in [5.41, 5.74) is 3.97. The van der Waals surface area contributed by atoms with Crippen molar-refractivity contribution in [3.63, 3.8) is 0 Å². The zero-order valence-electron chi connectivity index (χ0n) is 17.2. The fourth-order valence-corrected chi connectivity index (χ4v) is 5.11. The van der Waals surface area contributed by atoms with Crippen molar-refractivity contribution in [2.24, 2.45) is 4.99 Å². The third kappa shape index (κ3) is 3.95. The number of hydrogen-bond donors (Lipinski definition) is 1. The van der Waals surface area contributed by atoms with E-state index in [-0.39, 0.29) is 5.91 Å². The molecule has 3 aromatic carbocycles. The van der Waals surface area contributed by atoms with Gasteiger partial charge in [0.05, 0.1) is 10.6 Å². The molecule has 0 atom stereocenters. The highest BCUT2D eigenvalue weighted by Gasteiger charge is 2.25. The molecule has 2 saturated heterocycles. The Bertz CT molecular complexity index is 1240. The number of anilines is 1. The lowest BCUT2D eigenvalue weighted by molar-refractivity contribution is -0.115. The van der Waals surface area contributed by atoms with Crippen LogP contribution in [-0.4, -0.2) is 24.2 Å². The summed E-state index contributed by atoms with van der Waals surface area (Å²) in [5.74, 6) is -0.129. The maximum atomic E-state index is 12.6. The molecular weight excluding hydrogens is 426 g/mol. The van der Waals surface area contributed by atoms with Crippen LogP contribution in [0.3, 0.4) is 0 Å². The standard InChI is InChI=1S/C25H22ClN3OS/c1-16-20(26)9-6-10-21(16)27-25-28-24(30)23(31-25)15-17-11-12-22(29-13-4-5-14-29)19-8-3-2-7-18(17)19/h2-3,6-12,15H,4-5,13-14H2,1H3,(H,27,28,30)/b23-15+. The van der Waals surface area contributed by atoms with E-state index >= 15 is 0 Å². The smallest absolute Gasteiger partial charge is 0.264 e. The Morgan fingerprint density at radius 3 is 2.61 bits per heavy atom. The van der Waals surface area contributed by atoms with Crippen molar-refractivity contribution in [2.75, 3.05) is 18.0 Å². The predicted molar refractivity (Wildman–Crippen MR) is 132 cm³/mol. The van der Waals surface area contributed by atoms with Crippen LogP contribution in [0.25, 0.3) is 16.8 Å². The molecule has 0 aliphatic carbocycles. The second-order valence-corrected chi connectivity index (χ2v) is 9.22. The van der Waals surface area contributed by atoms with E-state index in [1.807, 2.05) is 31.2 Å². The van der Waals surface area contributed by atoms with E-state index in [0.717, 1.165) is 35.3 Å². The van der Waals surface area contributed by atoms with Gasteiger partial charge in [-0.25, -0.2) is 4.99 Å². The number of amides is 1. The van der Waals surface area contributed by atoms with Crippen LogP contribution in [0.4, 0.5) is 11.4 Å². The number of thioether (sulfide) groups is 1. The average Bonchev–Trinajstić information content (AvgIpc) is 3.42. The number of hydrogen-bond acceptors (Lipinski definition) is 4. The van der Waals surface area contributed by atoms with Crippen molar-refractivity contribution < 1.29 is 4.79 Å². The highest BCUT2D eigenvalue weighted by Crippen LogP contribution is 2.35. The van der Waals surface area contributed by atoms with Crippen molar-refractivity contribution in [3.05, 3.63) is 75.7 Å². The number of nitrogens with one attached hydrogen (secondary N) is 1. The minimum atomic E-state index is -0.129. The van der Waals surface area contributed by atoms with Gasteiger partial charge in [-0.05, 0) is 72.3 Å². The maximum Gasteiger partial charge on any atom is 0.264 e. The Balaban J connectivity index is 1.49. The third-order valence-corrected chi connectivity index (χ3v) is 7.10. The number of aliphatic imine (C=N–C) groups is 1. The van der Waals surface area contributed by atoms with Gasteiger partial charge in [-0.1, -0.05) is 48.0 Å². The molecule has 6 heteroatoms. The average molecular weight is 448 g/mol. The lowest BCUT2D eigenvalue weighted by Gasteiger charge is -2.20. The number of nitrogens with zero attached hydrogens (tertiary/aromatic N) is 2. The highest BCUT2D eigenvalue weighted by atomic mass is 35.5. The van der Waals surface area contributed by atoms with Gasteiger partial charge in [-0.3, -0.25) is 4.79 Å². The summed E-state index contributed by atoms with van der Waals surface area (Å²) in [4.78, 5) is 20.3. The van der Waals surface area contributed by atoms with E-state index in [1.165, 1.54) is 35.7 Å². The molecule has 0 unspecified atom stereocenters. The lowest BCUT2D eigenvalue weighted by Crippen LogP contribution is -2.19. The van der Waals surface area contributed by atoms with Crippen LogP contribution in [0.5, 0.6) is 0 Å². The molecule has 2 aliphatic heterocycles. The monoisotopic (exact) mass is 447 g/mol. The van der Waals surface area contributed by atoms with Crippen LogP contribution >= 0.6 is 23.4 Å². The second kappa shape index (κ2) is 8.40. The molecule has 5 rings (SSSR count). The van der Waals surface area contributed by atoms with Gasteiger partial charge >= 0.3 is 0 Å². The maximum absolute atomic E-state index is 12.6. The van der Waals surface area contributed by atoms with Crippen LogP contribution in [0.1, 0.15) is 24.0 Å². The molecule has 1 amide bonds. The van der Waals surface area contributed by atoms with Crippen molar-refractivity contribution in [1.82, 2.24) is 5.32 Å². The van der Waals surface area contributed by atoms with E-state index in [1.54, 1.807) is 0 Å². The number of rotatable bonds is 3. The van der Waals surface area contributed by atoms with Crippen molar-refractivity contribution >= 4 is 62.7 Å². The molecule has 1 N–H and O–H groups in total. The predicted octanol–water partition coefficient (Wildman–Crippen LogP) is 6.29. The first kappa shape index (κ1) is 20.2. The Labute approximate surface area is 191 Å². The normalized spacial score (nSPS) is 19.0. The van der Waals surface area contributed by atoms with E-state index in [2.05, 4.69) is 51.6 Å². The first-order valence-electron chi connectivity index (χ1n) is 10.4. The molecule has 2 heterocycles. The van der Waals surface area contributed by atoms with Gasteiger partial charge in [0.1, 0.15) is 0 Å².